The molecule has 4 nitrogen and oxygen atoms in total. The number of likely N-dealkylation sites (N-methyl/N-ethyl adjacent to an activating group) is 1. The van der Waals surface area contributed by atoms with E-state index in [1.165, 1.54) is 0 Å². The van der Waals surface area contributed by atoms with E-state index in [4.69, 9.17) is 10.00 Å². The van der Waals surface area contributed by atoms with Crippen LogP contribution in [0.1, 0.15) is 6.92 Å². The zero-order valence-corrected chi connectivity index (χ0v) is 12.2. The molecule has 0 saturated carbocycles. The Kier molecular flexibility index (Phi) is 5.56. The van der Waals surface area contributed by atoms with E-state index in [2.05, 4.69) is 12.1 Å². The zero-order chi connectivity index (χ0) is 15.1. The molecule has 2 aromatic carbocycles. The molecule has 21 heavy (non-hydrogen) atoms. The summed E-state index contributed by atoms with van der Waals surface area (Å²) in [4.78, 5) is 1.88. The molecular formula is C17H20N2O2. The highest BCUT2D eigenvalue weighted by molar-refractivity contribution is 5.83. The topological polar surface area (TPSA) is 56.5 Å². The van der Waals surface area contributed by atoms with Crippen LogP contribution in [0.4, 0.5) is 0 Å². The molecule has 1 N–H and O–H groups in total. The molecule has 0 amide bonds. The minimum absolute atomic E-state index is 0.222. The third-order valence-electron chi connectivity index (χ3n) is 3.37. The van der Waals surface area contributed by atoms with Crippen molar-refractivity contribution in [2.24, 2.45) is 0 Å². The van der Waals surface area contributed by atoms with Gasteiger partial charge in [-0.05, 0) is 29.4 Å². The summed E-state index contributed by atoms with van der Waals surface area (Å²) >= 11 is 0. The number of fused-ring (bicyclic) bond motifs is 1. The van der Waals surface area contributed by atoms with Crippen LogP contribution in [0.2, 0.25) is 0 Å². The van der Waals surface area contributed by atoms with Crippen molar-refractivity contribution in [3.8, 4) is 11.8 Å². The normalized spacial score (nSPS) is 12.3. The van der Waals surface area contributed by atoms with Crippen LogP contribution in [0.3, 0.4) is 0 Å². The predicted molar refractivity (Wildman–Crippen MR) is 83.2 cm³/mol. The lowest BCUT2D eigenvalue weighted by atomic mass is 10.1. The Morgan fingerprint density at radius 1 is 1.24 bits per heavy atom. The highest BCUT2D eigenvalue weighted by Crippen LogP contribution is 2.20. The van der Waals surface area contributed by atoms with Gasteiger partial charge < -0.3 is 9.84 Å². The third-order valence-corrected chi connectivity index (χ3v) is 3.37. The van der Waals surface area contributed by atoms with Crippen molar-refractivity contribution in [3.05, 3.63) is 42.5 Å². The number of hydrogen-bond donors (Lipinski definition) is 1. The number of nitriles is 1. The average molecular weight is 284 g/mol. The molecule has 0 aromatic heterocycles. The van der Waals surface area contributed by atoms with E-state index in [9.17, 15) is 5.11 Å². The van der Waals surface area contributed by atoms with E-state index in [1.807, 2.05) is 48.2 Å². The monoisotopic (exact) mass is 284 g/mol. The minimum Gasteiger partial charge on any atom is -0.491 e. The maximum Gasteiger partial charge on any atom is 0.120 e. The number of rotatable bonds is 7. The van der Waals surface area contributed by atoms with Crippen molar-refractivity contribution in [2.75, 3.05) is 26.2 Å². The Hall–Kier alpha value is -2.09. The first-order chi connectivity index (χ1) is 10.2. The van der Waals surface area contributed by atoms with Crippen LogP contribution in [0.25, 0.3) is 10.8 Å². The van der Waals surface area contributed by atoms with Gasteiger partial charge in [0.15, 0.2) is 0 Å². The van der Waals surface area contributed by atoms with Gasteiger partial charge in [0.2, 0.25) is 0 Å². The second kappa shape index (κ2) is 7.63. The predicted octanol–water partition coefficient (Wildman–Crippen LogP) is 2.42. The smallest absolute Gasteiger partial charge is 0.120 e. The van der Waals surface area contributed by atoms with Crippen molar-refractivity contribution in [3.63, 3.8) is 0 Å². The van der Waals surface area contributed by atoms with Gasteiger partial charge >= 0.3 is 0 Å². The molecule has 0 aliphatic carbocycles. The van der Waals surface area contributed by atoms with Crippen molar-refractivity contribution in [1.29, 1.82) is 5.26 Å². The van der Waals surface area contributed by atoms with E-state index in [1.54, 1.807) is 0 Å². The van der Waals surface area contributed by atoms with Gasteiger partial charge in [0.1, 0.15) is 18.5 Å². The fourth-order valence-electron chi connectivity index (χ4n) is 2.21. The summed E-state index contributed by atoms with van der Waals surface area (Å²) in [5.41, 5.74) is 0. The highest BCUT2D eigenvalue weighted by Gasteiger charge is 2.11. The molecule has 2 aromatic rings. The molecule has 4 heteroatoms. The molecular weight excluding hydrogens is 264 g/mol. The number of nitrogens with zero attached hydrogens (tertiary/aromatic N) is 2. The Labute approximate surface area is 125 Å². The van der Waals surface area contributed by atoms with Crippen molar-refractivity contribution in [2.45, 2.75) is 13.0 Å². The minimum atomic E-state index is -0.607. The molecule has 0 aliphatic rings. The van der Waals surface area contributed by atoms with Gasteiger partial charge in [-0.1, -0.05) is 37.3 Å². The van der Waals surface area contributed by atoms with Crippen LogP contribution in [0.5, 0.6) is 5.75 Å². The molecule has 0 radical (unpaired) electrons. The summed E-state index contributed by atoms with van der Waals surface area (Å²) < 4.78 is 5.64. The number of benzene rings is 2. The number of aliphatic hydroxyl groups excluding tert-OH is 1. The van der Waals surface area contributed by atoms with Gasteiger partial charge in [-0.25, -0.2) is 0 Å². The van der Waals surface area contributed by atoms with Crippen molar-refractivity contribution >= 4 is 10.8 Å². The molecule has 1 unspecified atom stereocenters. The third kappa shape index (κ3) is 4.45. The van der Waals surface area contributed by atoms with Gasteiger partial charge in [0.05, 0.1) is 12.6 Å². The van der Waals surface area contributed by atoms with E-state index in [0.717, 1.165) is 23.1 Å². The summed E-state index contributed by atoms with van der Waals surface area (Å²) in [6, 6.07) is 16.0. The zero-order valence-electron chi connectivity index (χ0n) is 12.2. The van der Waals surface area contributed by atoms with Crippen LogP contribution in [-0.4, -0.2) is 42.4 Å². The Balaban J connectivity index is 1.90. The SMILES string of the molecule is CCN(CC#N)CC(O)COc1ccc2ccccc2c1. The first-order valence-electron chi connectivity index (χ1n) is 7.12. The van der Waals surface area contributed by atoms with E-state index < -0.39 is 6.10 Å². The Morgan fingerprint density at radius 3 is 2.71 bits per heavy atom. The second-order valence-electron chi connectivity index (χ2n) is 4.96. The van der Waals surface area contributed by atoms with E-state index >= 15 is 0 Å². The van der Waals surface area contributed by atoms with Crippen LogP contribution in [0, 0.1) is 11.3 Å². The quantitative estimate of drug-likeness (QED) is 0.793. The Bertz CT molecular complexity index is 621. The number of ether oxygens (including phenoxy) is 1. The fraction of sp³-hybridized carbons (Fsp3) is 0.353. The first-order valence-corrected chi connectivity index (χ1v) is 7.12. The van der Waals surface area contributed by atoms with Gasteiger partial charge in [-0.3, -0.25) is 4.90 Å². The molecule has 2 rings (SSSR count). The summed E-state index contributed by atoms with van der Waals surface area (Å²) in [6.45, 7) is 3.69. The van der Waals surface area contributed by atoms with E-state index in [-0.39, 0.29) is 6.61 Å². The largest absolute Gasteiger partial charge is 0.491 e. The van der Waals surface area contributed by atoms with Crippen LogP contribution in [0.15, 0.2) is 42.5 Å². The lowest BCUT2D eigenvalue weighted by Crippen LogP contribution is -2.35. The number of aliphatic hydroxyl groups is 1. The fourth-order valence-corrected chi connectivity index (χ4v) is 2.21. The molecule has 0 aliphatic heterocycles. The molecule has 110 valence electrons. The molecule has 1 atom stereocenters. The average Bonchev–Trinajstić information content (AvgIpc) is 2.52. The lowest BCUT2D eigenvalue weighted by Gasteiger charge is -2.20. The van der Waals surface area contributed by atoms with Crippen LogP contribution < -0.4 is 4.74 Å². The maximum atomic E-state index is 9.98. The molecule has 0 heterocycles. The van der Waals surface area contributed by atoms with Crippen molar-refractivity contribution < 1.29 is 9.84 Å². The van der Waals surface area contributed by atoms with E-state index in [0.29, 0.717) is 13.1 Å². The highest BCUT2D eigenvalue weighted by atomic mass is 16.5. The summed E-state index contributed by atoms with van der Waals surface area (Å²) in [5.74, 6) is 0.746. The summed E-state index contributed by atoms with van der Waals surface area (Å²) in [5, 5.41) is 20.9. The van der Waals surface area contributed by atoms with Crippen LogP contribution in [-0.2, 0) is 0 Å². The van der Waals surface area contributed by atoms with Gasteiger partial charge in [0, 0.05) is 6.54 Å². The first kappa shape index (κ1) is 15.3. The maximum absolute atomic E-state index is 9.98. The van der Waals surface area contributed by atoms with Gasteiger partial charge in [-0.2, -0.15) is 5.26 Å². The number of hydrogen-bond acceptors (Lipinski definition) is 4. The summed E-state index contributed by atoms with van der Waals surface area (Å²) in [7, 11) is 0. The van der Waals surface area contributed by atoms with Gasteiger partial charge in [0.25, 0.3) is 0 Å². The Morgan fingerprint density at radius 2 is 2.00 bits per heavy atom. The van der Waals surface area contributed by atoms with Gasteiger partial charge in [-0.15, -0.1) is 0 Å². The lowest BCUT2D eigenvalue weighted by molar-refractivity contribution is 0.0741. The summed E-state index contributed by atoms with van der Waals surface area (Å²) in [6.07, 6.45) is -0.607. The van der Waals surface area contributed by atoms with Crippen LogP contribution >= 0.6 is 0 Å². The molecule has 0 spiro atoms. The second-order valence-corrected chi connectivity index (χ2v) is 4.96. The molecule has 0 saturated heterocycles. The molecule has 0 bridgehead atoms. The van der Waals surface area contributed by atoms with Crippen molar-refractivity contribution in [1.82, 2.24) is 4.90 Å². The standard InChI is InChI=1S/C17H20N2O2/c1-2-19(10-9-18)12-16(20)13-21-17-8-7-14-5-3-4-6-15(14)11-17/h3-8,11,16,20H,2,10,12-13H2,1H3. The molecule has 0 fully saturated rings.